The number of aromatic nitrogens is 1. The van der Waals surface area contributed by atoms with Gasteiger partial charge in [0.15, 0.2) is 0 Å². The van der Waals surface area contributed by atoms with E-state index in [9.17, 15) is 5.11 Å². The highest BCUT2D eigenvalue weighted by atomic mass is 16.3. The highest BCUT2D eigenvalue weighted by Crippen LogP contribution is 2.59. The van der Waals surface area contributed by atoms with Gasteiger partial charge in [0.25, 0.3) is 0 Å². The number of benzene rings is 7. The van der Waals surface area contributed by atoms with Gasteiger partial charge in [-0.15, -0.1) is 0 Å². The first-order valence-electron chi connectivity index (χ1n) is 20.1. The molecule has 0 saturated carbocycles. The monoisotopic (exact) mass is 736 g/mol. The summed E-state index contributed by atoms with van der Waals surface area (Å²) in [5.41, 5.74) is 14.1. The Kier molecular flexibility index (Phi) is 8.41. The summed E-state index contributed by atoms with van der Waals surface area (Å²) in [6.07, 6.45) is 1.46. The molecule has 2 N–H and O–H groups in total. The van der Waals surface area contributed by atoms with Crippen molar-refractivity contribution in [2.45, 2.75) is 44.1 Å². The number of nitrogens with zero attached hydrogens (tertiary/aromatic N) is 1. The van der Waals surface area contributed by atoms with Crippen LogP contribution in [0.1, 0.15) is 60.1 Å². The van der Waals surface area contributed by atoms with Crippen LogP contribution in [0, 0.1) is 0 Å². The Balaban J connectivity index is 1.19. The van der Waals surface area contributed by atoms with Crippen LogP contribution in [0.15, 0.2) is 187 Å². The molecule has 276 valence electrons. The van der Waals surface area contributed by atoms with Crippen LogP contribution in [0.5, 0.6) is 0 Å². The molecule has 0 saturated heterocycles. The van der Waals surface area contributed by atoms with Gasteiger partial charge in [-0.1, -0.05) is 177 Å². The molecule has 10 rings (SSSR count). The van der Waals surface area contributed by atoms with Crippen molar-refractivity contribution in [1.29, 1.82) is 0 Å². The smallest absolute Gasteiger partial charge is 0.113 e. The van der Waals surface area contributed by atoms with Crippen LogP contribution in [0.3, 0.4) is 0 Å². The lowest BCUT2D eigenvalue weighted by molar-refractivity contribution is 0.394. The summed E-state index contributed by atoms with van der Waals surface area (Å²) in [5.74, 6) is 0.398. The maximum Gasteiger partial charge on any atom is 0.113 e. The van der Waals surface area contributed by atoms with Gasteiger partial charge >= 0.3 is 0 Å². The van der Waals surface area contributed by atoms with E-state index in [-0.39, 0.29) is 0 Å². The average molecular weight is 737 g/mol. The van der Waals surface area contributed by atoms with Gasteiger partial charge in [0.05, 0.1) is 22.7 Å². The zero-order valence-corrected chi connectivity index (χ0v) is 32.3. The van der Waals surface area contributed by atoms with Crippen molar-refractivity contribution >= 4 is 27.9 Å². The Morgan fingerprint density at radius 2 is 1.19 bits per heavy atom. The average Bonchev–Trinajstić information content (AvgIpc) is 3.81. The number of H-pyrrole nitrogens is 1. The molecule has 3 nitrogen and oxygen atoms in total. The minimum Gasteiger partial charge on any atom is -0.511 e. The number of rotatable bonds is 8. The van der Waals surface area contributed by atoms with Crippen molar-refractivity contribution in [3.05, 3.63) is 226 Å². The summed E-state index contributed by atoms with van der Waals surface area (Å²) in [5, 5.41) is 15.7. The summed E-state index contributed by atoms with van der Waals surface area (Å²) in [6, 6.07) is 65.2. The van der Waals surface area contributed by atoms with Gasteiger partial charge in [-0.3, -0.25) is 4.99 Å². The van der Waals surface area contributed by atoms with Gasteiger partial charge in [0.1, 0.15) is 5.76 Å². The van der Waals surface area contributed by atoms with E-state index in [1.54, 1.807) is 0 Å². The quantitative estimate of drug-likeness (QED) is 0.150. The molecular weight excluding hydrogens is 693 g/mol. The van der Waals surface area contributed by atoms with Gasteiger partial charge in [0.2, 0.25) is 0 Å². The molecule has 57 heavy (non-hydrogen) atoms. The van der Waals surface area contributed by atoms with Crippen LogP contribution in [0.4, 0.5) is 0 Å². The fraction of sp³-hybridized carbons (Fsp3) is 0.130. The molecule has 1 atom stereocenters. The van der Waals surface area contributed by atoms with Crippen LogP contribution in [0.25, 0.3) is 44.5 Å². The molecule has 2 aliphatic carbocycles. The summed E-state index contributed by atoms with van der Waals surface area (Å²) >= 11 is 0. The van der Waals surface area contributed by atoms with Gasteiger partial charge < -0.3 is 10.1 Å². The first-order valence-corrected chi connectivity index (χ1v) is 20.1. The normalized spacial score (nSPS) is 17.0. The first-order chi connectivity index (χ1) is 28.0. The molecule has 0 amide bonds. The fourth-order valence-corrected chi connectivity index (χ4v) is 9.79. The standard InChI is InChI=1S/C54H44N2O/c1-3-48(39-30-28-38(29-31-39)37-17-7-4-8-18-37)55-35-36-27-32-49-44(33-36)50-51(56-49)47(34-53(2,52(50)57)40-19-9-5-10-20-40)54(41-21-11-6-12-22-41)45-25-15-13-23-42(45)43-24-14-16-26-46(43)54/h4-33,56-57H,3,34-35H2,1-2H3/b55-48+. The second-order valence-corrected chi connectivity index (χ2v) is 15.7. The first kappa shape index (κ1) is 34.8. The highest BCUT2D eigenvalue weighted by molar-refractivity contribution is 6.01. The molecule has 0 bridgehead atoms. The van der Waals surface area contributed by atoms with Crippen LogP contribution >= 0.6 is 0 Å². The number of aliphatic imine (C=N–C) groups is 1. The van der Waals surface area contributed by atoms with E-state index in [1.807, 2.05) is 6.07 Å². The molecule has 1 heterocycles. The molecule has 7 aromatic carbocycles. The summed E-state index contributed by atoms with van der Waals surface area (Å²) in [4.78, 5) is 9.11. The molecule has 8 aromatic rings. The lowest BCUT2D eigenvalue weighted by Gasteiger charge is -2.42. The third-order valence-electron chi connectivity index (χ3n) is 12.6. The third kappa shape index (κ3) is 5.44. The van der Waals surface area contributed by atoms with Crippen molar-refractivity contribution in [2.24, 2.45) is 4.99 Å². The second-order valence-electron chi connectivity index (χ2n) is 15.7. The van der Waals surface area contributed by atoms with Gasteiger partial charge in [-0.25, -0.2) is 0 Å². The minimum atomic E-state index is -0.692. The molecule has 0 radical (unpaired) electrons. The van der Waals surface area contributed by atoms with E-state index in [2.05, 4.69) is 195 Å². The highest BCUT2D eigenvalue weighted by Gasteiger charge is 2.51. The minimum absolute atomic E-state index is 0.398. The SMILES string of the molecule is CC/C(=N\Cc1ccc2[nH]c3c(c2c1)=C(O)C(C)(c1ccccc1)CC=3C1(c2ccccc2)c2ccccc2-c2ccccc21)c1ccc(-c2ccccc2)cc1. The number of aliphatic hydroxyl groups is 1. The Hall–Kier alpha value is -6.71. The molecule has 2 aliphatic rings. The number of aromatic amines is 1. The Bertz CT molecular complexity index is 2900. The third-order valence-corrected chi connectivity index (χ3v) is 12.6. The molecule has 0 spiro atoms. The number of aliphatic hydroxyl groups excluding tert-OH is 1. The largest absolute Gasteiger partial charge is 0.511 e. The van der Waals surface area contributed by atoms with Crippen LogP contribution in [-0.4, -0.2) is 15.8 Å². The summed E-state index contributed by atoms with van der Waals surface area (Å²) < 4.78 is 0. The lowest BCUT2D eigenvalue weighted by Crippen LogP contribution is -2.47. The molecule has 1 unspecified atom stereocenters. The predicted octanol–water partition coefficient (Wildman–Crippen LogP) is 11.4. The summed E-state index contributed by atoms with van der Waals surface area (Å²) in [6.45, 7) is 4.93. The lowest BCUT2D eigenvalue weighted by atomic mass is 9.60. The van der Waals surface area contributed by atoms with Crippen molar-refractivity contribution < 1.29 is 5.11 Å². The molecule has 1 aromatic heterocycles. The Labute approximate surface area is 334 Å². The molecule has 0 aliphatic heterocycles. The number of hydrogen-bond acceptors (Lipinski definition) is 2. The van der Waals surface area contributed by atoms with E-state index in [4.69, 9.17) is 4.99 Å². The maximum atomic E-state index is 12.8. The van der Waals surface area contributed by atoms with E-state index in [0.29, 0.717) is 18.7 Å². The molecule has 0 fully saturated rings. The van der Waals surface area contributed by atoms with E-state index in [0.717, 1.165) is 50.3 Å². The maximum absolute atomic E-state index is 12.8. The van der Waals surface area contributed by atoms with Crippen molar-refractivity contribution in [3.8, 4) is 22.3 Å². The Morgan fingerprint density at radius 1 is 0.632 bits per heavy atom. The molecular formula is C54H44N2O. The van der Waals surface area contributed by atoms with E-state index >= 15 is 0 Å². The topological polar surface area (TPSA) is 48.4 Å². The van der Waals surface area contributed by atoms with Gasteiger partial charge in [-0.2, -0.15) is 0 Å². The second kappa shape index (κ2) is 13.8. The van der Waals surface area contributed by atoms with Crippen molar-refractivity contribution in [2.75, 3.05) is 0 Å². The predicted molar refractivity (Wildman–Crippen MR) is 236 cm³/mol. The number of fused-ring (bicyclic) bond motifs is 6. The zero-order chi connectivity index (χ0) is 38.6. The van der Waals surface area contributed by atoms with E-state index in [1.165, 1.54) is 44.5 Å². The zero-order valence-electron chi connectivity index (χ0n) is 32.3. The van der Waals surface area contributed by atoms with Crippen molar-refractivity contribution in [1.82, 2.24) is 4.98 Å². The van der Waals surface area contributed by atoms with Crippen LogP contribution in [-0.2, 0) is 17.4 Å². The Morgan fingerprint density at radius 3 is 1.82 bits per heavy atom. The van der Waals surface area contributed by atoms with Crippen LogP contribution < -0.4 is 10.6 Å². The van der Waals surface area contributed by atoms with Gasteiger partial charge in [0, 0.05) is 21.8 Å². The van der Waals surface area contributed by atoms with E-state index < -0.39 is 10.8 Å². The van der Waals surface area contributed by atoms with Crippen molar-refractivity contribution in [3.63, 3.8) is 0 Å². The summed E-state index contributed by atoms with van der Waals surface area (Å²) in [7, 11) is 0. The fourth-order valence-electron chi connectivity index (χ4n) is 9.79. The van der Waals surface area contributed by atoms with Crippen LogP contribution in [0.2, 0.25) is 0 Å². The number of nitrogens with one attached hydrogen (secondary N) is 1. The van der Waals surface area contributed by atoms with Gasteiger partial charge in [-0.05, 0) is 93.1 Å². The molecule has 3 heteroatoms. The number of hydrogen-bond donors (Lipinski definition) is 2.